The highest BCUT2D eigenvalue weighted by Gasteiger charge is 2.22. The molecule has 2 aromatic rings. The van der Waals surface area contributed by atoms with E-state index in [2.05, 4.69) is 5.32 Å². The second-order valence-corrected chi connectivity index (χ2v) is 5.84. The van der Waals surface area contributed by atoms with Gasteiger partial charge in [0.25, 0.3) is 11.6 Å². The number of hydrogen-bond acceptors (Lipinski definition) is 6. The Balaban J connectivity index is 2.07. The first-order valence-corrected chi connectivity index (χ1v) is 7.83. The number of hydrogen-bond donors (Lipinski definition) is 2. The molecule has 0 radical (unpaired) electrons. The van der Waals surface area contributed by atoms with Crippen LogP contribution in [0.15, 0.2) is 36.4 Å². The van der Waals surface area contributed by atoms with Crippen molar-refractivity contribution in [2.45, 2.75) is 20.0 Å². The van der Waals surface area contributed by atoms with Crippen LogP contribution in [-0.4, -0.2) is 28.0 Å². The summed E-state index contributed by atoms with van der Waals surface area (Å²) in [5, 5.41) is 23.0. The number of phenolic OH excluding ortho intramolecular Hbond substituents is 1. The van der Waals surface area contributed by atoms with Gasteiger partial charge in [-0.05, 0) is 31.5 Å². The Morgan fingerprint density at radius 3 is 2.62 bits per heavy atom. The molecule has 0 aliphatic carbocycles. The standard InChI is InChI=1S/C17H15ClN2O6/c1-9-4-3-5-12(15(9)21)17(23)26-10(2)16(22)19-14-7-6-11(20(24)25)8-13(14)18/h3-8,10,21H,1-2H3,(H,19,22). The van der Waals surface area contributed by atoms with Gasteiger partial charge < -0.3 is 15.2 Å². The number of rotatable bonds is 5. The third-order valence-corrected chi connectivity index (χ3v) is 3.84. The molecule has 2 aromatic carbocycles. The fraction of sp³-hybridized carbons (Fsp3) is 0.176. The Hall–Kier alpha value is -3.13. The summed E-state index contributed by atoms with van der Waals surface area (Å²) >= 11 is 5.90. The quantitative estimate of drug-likeness (QED) is 0.467. The zero-order valence-electron chi connectivity index (χ0n) is 13.9. The Bertz CT molecular complexity index is 884. The highest BCUT2D eigenvalue weighted by Crippen LogP contribution is 2.27. The molecule has 1 amide bonds. The van der Waals surface area contributed by atoms with Crippen molar-refractivity contribution in [1.82, 2.24) is 0 Å². The highest BCUT2D eigenvalue weighted by molar-refractivity contribution is 6.34. The van der Waals surface area contributed by atoms with Crippen LogP contribution < -0.4 is 5.32 Å². The van der Waals surface area contributed by atoms with Crippen molar-refractivity contribution in [2.24, 2.45) is 0 Å². The van der Waals surface area contributed by atoms with E-state index < -0.39 is 22.9 Å². The van der Waals surface area contributed by atoms with E-state index in [1.807, 2.05) is 0 Å². The number of benzene rings is 2. The number of amides is 1. The van der Waals surface area contributed by atoms with Crippen molar-refractivity contribution < 1.29 is 24.4 Å². The van der Waals surface area contributed by atoms with Crippen molar-refractivity contribution in [3.05, 3.63) is 62.7 Å². The number of ether oxygens (including phenoxy) is 1. The molecule has 136 valence electrons. The second-order valence-electron chi connectivity index (χ2n) is 5.43. The monoisotopic (exact) mass is 378 g/mol. The van der Waals surface area contributed by atoms with Crippen LogP contribution in [0.25, 0.3) is 0 Å². The summed E-state index contributed by atoms with van der Waals surface area (Å²) in [5.41, 5.74) is 0.359. The van der Waals surface area contributed by atoms with E-state index in [1.165, 1.54) is 25.1 Å². The van der Waals surface area contributed by atoms with Gasteiger partial charge in [0.05, 0.1) is 15.6 Å². The molecule has 0 heterocycles. The normalized spacial score (nSPS) is 11.5. The number of phenols is 1. The van der Waals surface area contributed by atoms with Gasteiger partial charge in [0, 0.05) is 12.1 Å². The fourth-order valence-electron chi connectivity index (χ4n) is 2.05. The number of nitrogens with zero attached hydrogens (tertiary/aromatic N) is 1. The molecule has 0 aliphatic rings. The van der Waals surface area contributed by atoms with E-state index >= 15 is 0 Å². The van der Waals surface area contributed by atoms with Crippen molar-refractivity contribution >= 4 is 34.9 Å². The summed E-state index contributed by atoms with van der Waals surface area (Å²) in [6.45, 7) is 2.97. The molecule has 26 heavy (non-hydrogen) atoms. The zero-order chi connectivity index (χ0) is 19.4. The van der Waals surface area contributed by atoms with Crippen molar-refractivity contribution in [2.75, 3.05) is 5.32 Å². The lowest BCUT2D eigenvalue weighted by atomic mass is 10.1. The number of aryl methyl sites for hydroxylation is 1. The summed E-state index contributed by atoms with van der Waals surface area (Å²) in [7, 11) is 0. The molecule has 0 spiro atoms. The Kier molecular flexibility index (Phi) is 5.78. The molecule has 1 unspecified atom stereocenters. The molecule has 0 aliphatic heterocycles. The van der Waals surface area contributed by atoms with Gasteiger partial charge >= 0.3 is 5.97 Å². The van der Waals surface area contributed by atoms with Crippen LogP contribution in [0.5, 0.6) is 5.75 Å². The summed E-state index contributed by atoms with van der Waals surface area (Å²) in [5.74, 6) is -1.76. The van der Waals surface area contributed by atoms with Gasteiger partial charge in [-0.1, -0.05) is 23.7 Å². The number of carbonyl (C=O) groups excluding carboxylic acids is 2. The predicted octanol–water partition coefficient (Wildman–Crippen LogP) is 3.45. The third kappa shape index (κ3) is 4.28. The lowest BCUT2D eigenvalue weighted by Gasteiger charge is -2.15. The molecule has 8 nitrogen and oxygen atoms in total. The average molecular weight is 379 g/mol. The molecule has 9 heteroatoms. The molecular weight excluding hydrogens is 364 g/mol. The van der Waals surface area contributed by atoms with Gasteiger partial charge in [-0.25, -0.2) is 4.79 Å². The molecule has 1 atom stereocenters. The molecular formula is C17H15ClN2O6. The summed E-state index contributed by atoms with van der Waals surface area (Å²) in [6.07, 6.45) is -1.19. The smallest absolute Gasteiger partial charge is 0.342 e. The van der Waals surface area contributed by atoms with Gasteiger partial charge in [0.2, 0.25) is 0 Å². The van der Waals surface area contributed by atoms with Crippen LogP contribution in [0.2, 0.25) is 5.02 Å². The maximum absolute atomic E-state index is 12.2. The number of nitro groups is 1. The van der Waals surface area contributed by atoms with Crippen LogP contribution in [0.3, 0.4) is 0 Å². The van der Waals surface area contributed by atoms with E-state index in [9.17, 15) is 24.8 Å². The number of esters is 1. The Morgan fingerprint density at radius 2 is 2.00 bits per heavy atom. The SMILES string of the molecule is Cc1cccc(C(=O)OC(C)C(=O)Nc2ccc([N+](=O)[O-])cc2Cl)c1O. The predicted molar refractivity (Wildman–Crippen MR) is 94.5 cm³/mol. The van der Waals surface area contributed by atoms with Crippen molar-refractivity contribution in [3.8, 4) is 5.75 Å². The first-order valence-electron chi connectivity index (χ1n) is 7.45. The topological polar surface area (TPSA) is 119 Å². The minimum Gasteiger partial charge on any atom is -0.507 e. The molecule has 0 aromatic heterocycles. The number of aromatic hydroxyl groups is 1. The number of nitro benzene ring substituents is 1. The van der Waals surface area contributed by atoms with Gasteiger partial charge in [0.15, 0.2) is 6.10 Å². The van der Waals surface area contributed by atoms with Crippen LogP contribution in [-0.2, 0) is 9.53 Å². The maximum Gasteiger partial charge on any atom is 0.342 e. The van der Waals surface area contributed by atoms with Crippen molar-refractivity contribution in [1.29, 1.82) is 0 Å². The second kappa shape index (κ2) is 7.83. The lowest BCUT2D eigenvalue weighted by Crippen LogP contribution is -2.30. The third-order valence-electron chi connectivity index (χ3n) is 3.53. The zero-order valence-corrected chi connectivity index (χ0v) is 14.6. The maximum atomic E-state index is 12.2. The number of nitrogens with one attached hydrogen (secondary N) is 1. The van der Waals surface area contributed by atoms with E-state index in [0.717, 1.165) is 6.07 Å². The van der Waals surface area contributed by atoms with Gasteiger partial charge in [-0.15, -0.1) is 0 Å². The molecule has 0 saturated heterocycles. The lowest BCUT2D eigenvalue weighted by molar-refractivity contribution is -0.384. The molecule has 2 N–H and O–H groups in total. The van der Waals surface area contributed by atoms with Crippen LogP contribution >= 0.6 is 11.6 Å². The number of non-ortho nitro benzene ring substituents is 1. The van der Waals surface area contributed by atoms with Crippen LogP contribution in [0.1, 0.15) is 22.8 Å². The largest absolute Gasteiger partial charge is 0.507 e. The minimum absolute atomic E-state index is 0.0256. The Morgan fingerprint density at radius 1 is 1.31 bits per heavy atom. The minimum atomic E-state index is -1.19. The fourth-order valence-corrected chi connectivity index (χ4v) is 2.28. The Labute approximate surface area is 153 Å². The average Bonchev–Trinajstić information content (AvgIpc) is 2.58. The molecule has 0 saturated carbocycles. The first-order chi connectivity index (χ1) is 12.2. The summed E-state index contributed by atoms with van der Waals surface area (Å²) in [4.78, 5) is 34.3. The summed E-state index contributed by atoms with van der Waals surface area (Å²) in [6, 6.07) is 8.13. The van der Waals surface area contributed by atoms with E-state index in [1.54, 1.807) is 19.1 Å². The van der Waals surface area contributed by atoms with E-state index in [0.29, 0.717) is 5.56 Å². The molecule has 2 rings (SSSR count). The molecule has 0 fully saturated rings. The van der Waals surface area contributed by atoms with E-state index in [-0.39, 0.29) is 27.7 Å². The highest BCUT2D eigenvalue weighted by atomic mass is 35.5. The van der Waals surface area contributed by atoms with Crippen LogP contribution in [0.4, 0.5) is 11.4 Å². The number of carbonyl (C=O) groups is 2. The number of anilines is 1. The van der Waals surface area contributed by atoms with E-state index in [4.69, 9.17) is 16.3 Å². The first kappa shape index (κ1) is 19.2. The van der Waals surface area contributed by atoms with Crippen molar-refractivity contribution in [3.63, 3.8) is 0 Å². The number of halogens is 1. The summed E-state index contributed by atoms with van der Waals surface area (Å²) < 4.78 is 5.05. The van der Waals surface area contributed by atoms with Gasteiger partial charge in [-0.3, -0.25) is 14.9 Å². The van der Waals surface area contributed by atoms with Gasteiger partial charge in [0.1, 0.15) is 11.3 Å². The molecule has 0 bridgehead atoms. The van der Waals surface area contributed by atoms with Crippen LogP contribution in [0, 0.1) is 17.0 Å². The van der Waals surface area contributed by atoms with Gasteiger partial charge in [-0.2, -0.15) is 0 Å². The number of para-hydroxylation sites is 1.